The molecule has 1 fully saturated rings. The van der Waals surface area contributed by atoms with E-state index in [2.05, 4.69) is 0 Å². The zero-order valence-corrected chi connectivity index (χ0v) is 10.8. The highest BCUT2D eigenvalue weighted by atomic mass is 35.5. The second-order valence-electron chi connectivity index (χ2n) is 3.88. The molecule has 1 aromatic rings. The average Bonchev–Trinajstić information content (AvgIpc) is 2.32. The number of benzene rings is 1. The zero-order chi connectivity index (χ0) is 12.0. The molecule has 0 amide bonds. The molecule has 0 spiro atoms. The second-order valence-corrected chi connectivity index (χ2v) is 4.32. The van der Waals surface area contributed by atoms with Crippen molar-refractivity contribution in [2.75, 3.05) is 0 Å². The average molecular weight is 239 g/mol. The monoisotopic (exact) mass is 238 g/mol. The quantitative estimate of drug-likeness (QED) is 0.699. The van der Waals surface area contributed by atoms with E-state index in [9.17, 15) is 4.79 Å². The smallest absolute Gasteiger partial charge is 0.133 e. The molecular formula is C14H19ClO. The first-order valence-electron chi connectivity index (χ1n) is 6.03. The fourth-order valence-corrected chi connectivity index (χ4v) is 2.17. The highest BCUT2D eigenvalue weighted by molar-refractivity contribution is 6.30. The molecule has 16 heavy (non-hydrogen) atoms. The fourth-order valence-electron chi connectivity index (χ4n) is 2.04. The standard InChI is InChI=1S/C12H13ClO.C2H6/c13-11-6-4-9(5-7-11)10-2-1-3-12(14)8-10;1-2/h4-7,10H,1-3,8H2;1-2H3. The summed E-state index contributed by atoms with van der Waals surface area (Å²) in [5, 5.41) is 0.760. The van der Waals surface area contributed by atoms with Crippen LogP contribution in [0.3, 0.4) is 0 Å². The number of rotatable bonds is 1. The molecule has 88 valence electrons. The first-order valence-corrected chi connectivity index (χ1v) is 6.40. The zero-order valence-electron chi connectivity index (χ0n) is 10.0. The van der Waals surface area contributed by atoms with Gasteiger partial charge in [-0.3, -0.25) is 4.79 Å². The third-order valence-electron chi connectivity index (χ3n) is 2.82. The summed E-state index contributed by atoms with van der Waals surface area (Å²) in [7, 11) is 0. The summed E-state index contributed by atoms with van der Waals surface area (Å²) in [6.45, 7) is 4.00. The lowest BCUT2D eigenvalue weighted by atomic mass is 9.83. The van der Waals surface area contributed by atoms with Crippen molar-refractivity contribution < 1.29 is 4.79 Å². The molecule has 1 saturated carbocycles. The van der Waals surface area contributed by atoms with Crippen molar-refractivity contribution in [3.8, 4) is 0 Å². The minimum Gasteiger partial charge on any atom is -0.300 e. The summed E-state index contributed by atoms with van der Waals surface area (Å²) in [6.07, 6.45) is 3.64. The van der Waals surface area contributed by atoms with Gasteiger partial charge in [-0.1, -0.05) is 37.6 Å². The van der Waals surface area contributed by atoms with Crippen LogP contribution in [0.25, 0.3) is 0 Å². The van der Waals surface area contributed by atoms with Crippen LogP contribution in [0.2, 0.25) is 5.02 Å². The van der Waals surface area contributed by atoms with E-state index in [1.807, 2.05) is 38.1 Å². The van der Waals surface area contributed by atoms with Gasteiger partial charge in [-0.15, -0.1) is 0 Å². The Bertz CT molecular complexity index is 329. The van der Waals surface area contributed by atoms with Gasteiger partial charge >= 0.3 is 0 Å². The number of hydrogen-bond donors (Lipinski definition) is 0. The molecular weight excluding hydrogens is 220 g/mol. The summed E-state index contributed by atoms with van der Waals surface area (Å²) < 4.78 is 0. The lowest BCUT2D eigenvalue weighted by Crippen LogP contribution is -2.13. The van der Waals surface area contributed by atoms with Gasteiger partial charge in [0.05, 0.1) is 0 Å². The molecule has 0 aliphatic heterocycles. The van der Waals surface area contributed by atoms with Gasteiger partial charge in [0.15, 0.2) is 0 Å². The van der Waals surface area contributed by atoms with Crippen molar-refractivity contribution in [3.05, 3.63) is 34.9 Å². The highest BCUT2D eigenvalue weighted by Crippen LogP contribution is 2.31. The van der Waals surface area contributed by atoms with Gasteiger partial charge < -0.3 is 0 Å². The minimum atomic E-state index is 0.399. The number of hydrogen-bond acceptors (Lipinski definition) is 1. The number of Topliss-reactive ketones (excluding diaryl/α,β-unsaturated/α-hetero) is 1. The Hall–Kier alpha value is -0.820. The molecule has 0 bridgehead atoms. The van der Waals surface area contributed by atoms with E-state index in [1.54, 1.807) is 0 Å². The predicted octanol–water partition coefficient (Wildman–Crippen LogP) is 4.59. The maximum Gasteiger partial charge on any atom is 0.133 e. The molecule has 2 rings (SSSR count). The molecule has 1 aliphatic carbocycles. The first-order chi connectivity index (χ1) is 7.75. The second kappa shape index (κ2) is 6.70. The van der Waals surface area contributed by atoms with E-state index in [-0.39, 0.29) is 0 Å². The lowest BCUT2D eigenvalue weighted by molar-refractivity contribution is -0.120. The van der Waals surface area contributed by atoms with Gasteiger partial charge in [-0.25, -0.2) is 0 Å². The van der Waals surface area contributed by atoms with Crippen LogP contribution in [0.1, 0.15) is 51.0 Å². The maximum absolute atomic E-state index is 11.3. The molecule has 0 saturated heterocycles. The molecule has 0 N–H and O–H groups in total. The van der Waals surface area contributed by atoms with Gasteiger partial charge in [0.25, 0.3) is 0 Å². The number of carbonyl (C=O) groups is 1. The van der Waals surface area contributed by atoms with Crippen molar-refractivity contribution in [2.24, 2.45) is 0 Å². The Morgan fingerprint density at radius 2 is 1.81 bits per heavy atom. The first kappa shape index (κ1) is 13.2. The van der Waals surface area contributed by atoms with E-state index in [0.717, 1.165) is 24.3 Å². The maximum atomic E-state index is 11.3. The van der Waals surface area contributed by atoms with E-state index in [4.69, 9.17) is 11.6 Å². The predicted molar refractivity (Wildman–Crippen MR) is 69.0 cm³/mol. The van der Waals surface area contributed by atoms with E-state index in [1.165, 1.54) is 5.56 Å². The summed E-state index contributed by atoms with van der Waals surface area (Å²) in [5.41, 5.74) is 1.25. The molecule has 1 unspecified atom stereocenters. The van der Waals surface area contributed by atoms with Gasteiger partial charge in [-0.2, -0.15) is 0 Å². The summed E-state index contributed by atoms with van der Waals surface area (Å²) in [4.78, 5) is 11.3. The van der Waals surface area contributed by atoms with Gasteiger partial charge in [-0.05, 0) is 36.5 Å². The molecule has 2 heteroatoms. The molecule has 1 aromatic carbocycles. The number of carbonyl (C=O) groups excluding carboxylic acids is 1. The normalized spacial score (nSPS) is 19.9. The van der Waals surface area contributed by atoms with E-state index >= 15 is 0 Å². The van der Waals surface area contributed by atoms with Crippen LogP contribution in [0, 0.1) is 0 Å². The van der Waals surface area contributed by atoms with Gasteiger partial charge in [0, 0.05) is 17.9 Å². The number of halogens is 1. The molecule has 0 aromatic heterocycles. The molecule has 1 aliphatic rings. The van der Waals surface area contributed by atoms with Crippen LogP contribution in [0.5, 0.6) is 0 Å². The topological polar surface area (TPSA) is 17.1 Å². The summed E-state index contributed by atoms with van der Waals surface area (Å²) in [5.74, 6) is 0.824. The molecule has 0 heterocycles. The SMILES string of the molecule is CC.O=C1CCCC(c2ccc(Cl)cc2)C1. The third-order valence-corrected chi connectivity index (χ3v) is 3.08. The highest BCUT2D eigenvalue weighted by Gasteiger charge is 2.20. The van der Waals surface area contributed by atoms with E-state index in [0.29, 0.717) is 18.1 Å². The van der Waals surface area contributed by atoms with Crippen LogP contribution in [0.4, 0.5) is 0 Å². The van der Waals surface area contributed by atoms with Gasteiger partial charge in [0.1, 0.15) is 5.78 Å². The van der Waals surface area contributed by atoms with Crippen molar-refractivity contribution >= 4 is 17.4 Å². The van der Waals surface area contributed by atoms with Crippen molar-refractivity contribution in [1.82, 2.24) is 0 Å². The summed E-state index contributed by atoms with van der Waals surface area (Å²) in [6, 6.07) is 7.86. The Morgan fingerprint density at radius 3 is 2.38 bits per heavy atom. The Kier molecular flexibility index (Phi) is 5.54. The minimum absolute atomic E-state index is 0.399. The Labute approximate surface area is 103 Å². The van der Waals surface area contributed by atoms with Crippen molar-refractivity contribution in [1.29, 1.82) is 0 Å². The third kappa shape index (κ3) is 3.64. The largest absolute Gasteiger partial charge is 0.300 e. The molecule has 1 atom stereocenters. The molecule has 0 radical (unpaired) electrons. The van der Waals surface area contributed by atoms with E-state index < -0.39 is 0 Å². The Balaban J connectivity index is 0.000000606. The van der Waals surface area contributed by atoms with Crippen LogP contribution < -0.4 is 0 Å². The van der Waals surface area contributed by atoms with Crippen LogP contribution >= 0.6 is 11.6 Å². The Morgan fingerprint density at radius 1 is 1.19 bits per heavy atom. The lowest BCUT2D eigenvalue weighted by Gasteiger charge is -2.20. The molecule has 1 nitrogen and oxygen atoms in total. The van der Waals surface area contributed by atoms with Crippen molar-refractivity contribution in [2.45, 2.75) is 45.4 Å². The number of ketones is 1. The van der Waals surface area contributed by atoms with Crippen molar-refractivity contribution in [3.63, 3.8) is 0 Å². The fraction of sp³-hybridized carbons (Fsp3) is 0.500. The van der Waals surface area contributed by atoms with Gasteiger partial charge in [0.2, 0.25) is 0 Å². The van der Waals surface area contributed by atoms with Crippen LogP contribution in [0.15, 0.2) is 24.3 Å². The van der Waals surface area contributed by atoms with Crippen LogP contribution in [-0.4, -0.2) is 5.78 Å². The summed E-state index contributed by atoms with van der Waals surface area (Å²) >= 11 is 5.81. The van der Waals surface area contributed by atoms with Crippen LogP contribution in [-0.2, 0) is 4.79 Å².